The molecule has 0 bridgehead atoms. The van der Waals surface area contributed by atoms with Gasteiger partial charge in [0.1, 0.15) is 11.6 Å². The summed E-state index contributed by atoms with van der Waals surface area (Å²) in [6.07, 6.45) is 7.69. The number of nitrogens with zero attached hydrogens (tertiary/aromatic N) is 2. The lowest BCUT2D eigenvalue weighted by atomic mass is 10.0. The zero-order chi connectivity index (χ0) is 20.8. The molecule has 2 aromatic carbocycles. The average molecular weight is 386 g/mol. The summed E-state index contributed by atoms with van der Waals surface area (Å²) >= 11 is 0. The molecule has 0 amide bonds. The number of allylic oxidation sites excluding steroid dienone is 5. The van der Waals surface area contributed by atoms with Crippen molar-refractivity contribution in [1.29, 1.82) is 0 Å². The van der Waals surface area contributed by atoms with Crippen LogP contribution in [-0.2, 0) is 0 Å². The Kier molecular flexibility index (Phi) is 6.45. The highest BCUT2D eigenvalue weighted by Gasteiger charge is 2.12. The molecular formula is C25H27N3O. The number of aromatic nitrogens is 2. The predicted molar refractivity (Wildman–Crippen MR) is 123 cm³/mol. The summed E-state index contributed by atoms with van der Waals surface area (Å²) < 4.78 is 5.37. The molecule has 0 saturated carbocycles. The first-order valence-corrected chi connectivity index (χ1v) is 9.74. The Morgan fingerprint density at radius 1 is 1.10 bits per heavy atom. The van der Waals surface area contributed by atoms with Crippen molar-refractivity contribution in [3.8, 4) is 16.9 Å². The van der Waals surface area contributed by atoms with Gasteiger partial charge in [-0.05, 0) is 56.2 Å². The van der Waals surface area contributed by atoms with Gasteiger partial charge < -0.3 is 10.1 Å². The molecule has 0 radical (unpaired) electrons. The fourth-order valence-electron chi connectivity index (χ4n) is 3.06. The number of ether oxygens (including phenoxy) is 1. The van der Waals surface area contributed by atoms with Gasteiger partial charge in [0.25, 0.3) is 0 Å². The van der Waals surface area contributed by atoms with Crippen LogP contribution in [0.25, 0.3) is 27.6 Å². The maximum absolute atomic E-state index is 5.37. The van der Waals surface area contributed by atoms with E-state index in [-0.39, 0.29) is 6.04 Å². The highest BCUT2D eigenvalue weighted by atomic mass is 16.5. The summed E-state index contributed by atoms with van der Waals surface area (Å²) in [5.41, 5.74) is 3.95. The van der Waals surface area contributed by atoms with Crippen LogP contribution in [0.5, 0.6) is 5.75 Å². The van der Waals surface area contributed by atoms with Crippen LogP contribution in [0, 0.1) is 0 Å². The number of methoxy groups -OCH3 is 1. The standard InChI is InChI=1S/C25H27N3O/c1-6-8-10-18(7-2)24-27-23-14-13-20(19-11-9-12-21(15-19)29-5)16-22(23)25(28-24)26-17(3)4/h6-17H,2H2,1,3-5H3,(H,26,27,28)/b8-6-,18-10+. The Bertz CT molecular complexity index is 1080. The zero-order valence-corrected chi connectivity index (χ0v) is 17.4. The van der Waals surface area contributed by atoms with Gasteiger partial charge in [-0.1, -0.05) is 49.1 Å². The molecule has 3 rings (SSSR count). The fraction of sp³-hybridized carbons (Fsp3) is 0.200. The Labute approximate surface area is 172 Å². The monoisotopic (exact) mass is 385 g/mol. The number of nitrogens with one attached hydrogen (secondary N) is 1. The van der Waals surface area contributed by atoms with Crippen molar-refractivity contribution in [3.63, 3.8) is 0 Å². The molecule has 1 N–H and O–H groups in total. The van der Waals surface area contributed by atoms with E-state index in [0.717, 1.165) is 39.2 Å². The van der Waals surface area contributed by atoms with Gasteiger partial charge in [0.15, 0.2) is 5.82 Å². The van der Waals surface area contributed by atoms with Crippen molar-refractivity contribution >= 4 is 22.3 Å². The highest BCUT2D eigenvalue weighted by Crippen LogP contribution is 2.30. The topological polar surface area (TPSA) is 47.0 Å². The normalized spacial score (nSPS) is 12.0. The molecule has 0 atom stereocenters. The number of hydrogen-bond acceptors (Lipinski definition) is 4. The lowest BCUT2D eigenvalue weighted by Gasteiger charge is -2.15. The highest BCUT2D eigenvalue weighted by molar-refractivity contribution is 5.94. The summed E-state index contributed by atoms with van der Waals surface area (Å²) in [4.78, 5) is 9.60. The first-order chi connectivity index (χ1) is 14.0. The van der Waals surface area contributed by atoms with E-state index in [4.69, 9.17) is 14.7 Å². The van der Waals surface area contributed by atoms with Gasteiger partial charge in [-0.15, -0.1) is 0 Å². The summed E-state index contributed by atoms with van der Waals surface area (Å²) in [5, 5.41) is 4.45. The molecule has 1 heterocycles. The third-order valence-corrected chi connectivity index (χ3v) is 4.47. The summed E-state index contributed by atoms with van der Waals surface area (Å²) in [5.74, 6) is 2.31. The van der Waals surface area contributed by atoms with Crippen molar-refractivity contribution in [1.82, 2.24) is 9.97 Å². The second-order valence-corrected chi connectivity index (χ2v) is 7.01. The lowest BCUT2D eigenvalue weighted by molar-refractivity contribution is 0.415. The van der Waals surface area contributed by atoms with Gasteiger partial charge in [-0.25, -0.2) is 9.97 Å². The van der Waals surface area contributed by atoms with Crippen LogP contribution < -0.4 is 10.1 Å². The van der Waals surface area contributed by atoms with Gasteiger partial charge in [0.2, 0.25) is 0 Å². The van der Waals surface area contributed by atoms with Gasteiger partial charge in [-0.2, -0.15) is 0 Å². The zero-order valence-electron chi connectivity index (χ0n) is 17.4. The Balaban J connectivity index is 2.18. The molecule has 3 aromatic rings. The second-order valence-electron chi connectivity index (χ2n) is 7.01. The molecule has 0 aliphatic heterocycles. The Morgan fingerprint density at radius 2 is 1.90 bits per heavy atom. The summed E-state index contributed by atoms with van der Waals surface area (Å²) in [6.45, 7) is 10.1. The van der Waals surface area contributed by atoms with E-state index in [2.05, 4.69) is 43.9 Å². The van der Waals surface area contributed by atoms with E-state index < -0.39 is 0 Å². The van der Waals surface area contributed by atoms with Crippen LogP contribution in [0.2, 0.25) is 0 Å². The van der Waals surface area contributed by atoms with Crippen molar-refractivity contribution in [3.05, 3.63) is 79.2 Å². The minimum atomic E-state index is 0.244. The Hall–Kier alpha value is -3.40. The first kappa shape index (κ1) is 20.3. The van der Waals surface area contributed by atoms with E-state index in [0.29, 0.717) is 5.82 Å². The Morgan fingerprint density at radius 3 is 2.59 bits per heavy atom. The van der Waals surface area contributed by atoms with Crippen LogP contribution >= 0.6 is 0 Å². The number of anilines is 1. The largest absolute Gasteiger partial charge is 0.497 e. The van der Waals surface area contributed by atoms with Gasteiger partial charge >= 0.3 is 0 Å². The quantitative estimate of drug-likeness (QED) is 0.487. The number of fused-ring (bicyclic) bond motifs is 1. The molecule has 1 aromatic heterocycles. The van der Waals surface area contributed by atoms with Crippen molar-refractivity contribution in [2.24, 2.45) is 0 Å². The lowest BCUT2D eigenvalue weighted by Crippen LogP contribution is -2.13. The van der Waals surface area contributed by atoms with Gasteiger partial charge in [0.05, 0.1) is 12.6 Å². The minimum absolute atomic E-state index is 0.244. The van der Waals surface area contributed by atoms with Crippen LogP contribution in [0.3, 0.4) is 0 Å². The van der Waals surface area contributed by atoms with E-state index in [1.165, 1.54) is 0 Å². The van der Waals surface area contributed by atoms with Crippen molar-refractivity contribution < 1.29 is 4.74 Å². The predicted octanol–water partition coefficient (Wildman–Crippen LogP) is 6.27. The SMILES string of the molecule is C=C/C(=C\C=C/C)c1nc(NC(C)C)c2cc(-c3cccc(OC)c3)ccc2n1. The smallest absolute Gasteiger partial charge is 0.162 e. The molecule has 0 spiro atoms. The average Bonchev–Trinajstić information content (AvgIpc) is 2.73. The molecule has 0 saturated heterocycles. The van der Waals surface area contributed by atoms with Gasteiger partial charge in [-0.3, -0.25) is 0 Å². The number of hydrogen-bond donors (Lipinski definition) is 1. The van der Waals surface area contributed by atoms with Crippen molar-refractivity contribution in [2.45, 2.75) is 26.8 Å². The summed E-state index contributed by atoms with van der Waals surface area (Å²) in [6, 6.07) is 14.5. The maximum Gasteiger partial charge on any atom is 0.162 e. The molecule has 0 unspecified atom stereocenters. The van der Waals surface area contributed by atoms with Crippen LogP contribution in [0.4, 0.5) is 5.82 Å². The molecular weight excluding hydrogens is 358 g/mol. The van der Waals surface area contributed by atoms with Crippen LogP contribution in [0.15, 0.2) is 73.3 Å². The van der Waals surface area contributed by atoms with E-state index >= 15 is 0 Å². The molecule has 0 aliphatic carbocycles. The van der Waals surface area contributed by atoms with E-state index in [9.17, 15) is 0 Å². The summed E-state index contributed by atoms with van der Waals surface area (Å²) in [7, 11) is 1.68. The molecule has 4 heteroatoms. The number of rotatable bonds is 7. The van der Waals surface area contributed by atoms with Gasteiger partial charge in [0, 0.05) is 17.0 Å². The van der Waals surface area contributed by atoms with Crippen LogP contribution in [0.1, 0.15) is 26.6 Å². The van der Waals surface area contributed by atoms with E-state index in [1.807, 2.05) is 49.4 Å². The molecule has 0 aliphatic rings. The van der Waals surface area contributed by atoms with E-state index in [1.54, 1.807) is 13.2 Å². The minimum Gasteiger partial charge on any atom is -0.497 e. The first-order valence-electron chi connectivity index (χ1n) is 9.74. The molecule has 148 valence electrons. The molecule has 4 nitrogen and oxygen atoms in total. The molecule has 0 fully saturated rings. The van der Waals surface area contributed by atoms with Crippen LogP contribution in [-0.4, -0.2) is 23.1 Å². The van der Waals surface area contributed by atoms with Crippen molar-refractivity contribution in [2.75, 3.05) is 12.4 Å². The number of benzene rings is 2. The molecule has 29 heavy (non-hydrogen) atoms. The second kappa shape index (κ2) is 9.20. The fourth-order valence-corrected chi connectivity index (χ4v) is 3.06. The maximum atomic E-state index is 5.37. The third kappa shape index (κ3) is 4.72. The third-order valence-electron chi connectivity index (χ3n) is 4.47.